The molecule has 0 N–H and O–H groups in total. The summed E-state index contributed by atoms with van der Waals surface area (Å²) in [5.41, 5.74) is 2.66. The predicted molar refractivity (Wildman–Crippen MR) is 105 cm³/mol. The molecule has 1 aromatic rings. The topological polar surface area (TPSA) is 17.1 Å². The average molecular weight is 341 g/mol. The van der Waals surface area contributed by atoms with Gasteiger partial charge in [-0.1, -0.05) is 67.2 Å². The van der Waals surface area contributed by atoms with E-state index in [9.17, 15) is 4.79 Å². The number of allylic oxidation sites excluding steroid dienone is 2. The van der Waals surface area contributed by atoms with Crippen LogP contribution in [-0.4, -0.2) is 13.9 Å². The van der Waals surface area contributed by atoms with Crippen molar-refractivity contribution >= 4 is 19.0 Å². The minimum absolute atomic E-state index is 0.284. The molecule has 0 radical (unpaired) electrons. The highest BCUT2D eigenvalue weighted by Crippen LogP contribution is 2.60. The van der Waals surface area contributed by atoms with Gasteiger partial charge in [0.15, 0.2) is 0 Å². The number of rotatable bonds is 3. The number of benzene rings is 1. The normalized spacial score (nSPS) is 33.5. The number of hydrogen-bond donors (Lipinski definition) is 0. The lowest BCUT2D eigenvalue weighted by Gasteiger charge is -2.56. The summed E-state index contributed by atoms with van der Waals surface area (Å²) in [4.78, 5) is 12.0. The molecule has 2 aliphatic carbocycles. The van der Waals surface area contributed by atoms with Crippen LogP contribution in [0.2, 0.25) is 18.6 Å². The van der Waals surface area contributed by atoms with Gasteiger partial charge in [-0.15, -0.1) is 0 Å². The van der Waals surface area contributed by atoms with Gasteiger partial charge in [-0.05, 0) is 56.4 Å². The largest absolute Gasteiger partial charge is 0.300 e. The van der Waals surface area contributed by atoms with Crippen LogP contribution in [-0.2, 0) is 4.79 Å². The highest BCUT2D eigenvalue weighted by Gasteiger charge is 2.53. The molecule has 0 spiro atoms. The molecule has 1 aromatic carbocycles. The third kappa shape index (κ3) is 2.83. The maximum atomic E-state index is 12.0. The summed E-state index contributed by atoms with van der Waals surface area (Å²) in [6, 6.07) is 11.2. The van der Waals surface area contributed by atoms with Crippen LogP contribution < -0.4 is 5.19 Å². The van der Waals surface area contributed by atoms with E-state index in [1.807, 2.05) is 0 Å². The van der Waals surface area contributed by atoms with Gasteiger partial charge in [-0.3, -0.25) is 4.79 Å². The Morgan fingerprint density at radius 3 is 2.50 bits per heavy atom. The lowest BCUT2D eigenvalue weighted by Crippen LogP contribution is -2.55. The second-order valence-electron chi connectivity index (χ2n) is 8.96. The smallest absolute Gasteiger partial charge is 0.132 e. The molecule has 0 saturated heterocycles. The first kappa shape index (κ1) is 17.7. The monoisotopic (exact) mass is 340 g/mol. The molecule has 0 aromatic heterocycles. The van der Waals surface area contributed by atoms with Gasteiger partial charge in [0.2, 0.25) is 0 Å². The first-order valence-corrected chi connectivity index (χ1v) is 12.6. The number of ketones is 1. The van der Waals surface area contributed by atoms with Crippen molar-refractivity contribution in [2.75, 3.05) is 0 Å². The number of fused-ring (bicyclic) bond motifs is 1. The Morgan fingerprint density at radius 2 is 1.88 bits per heavy atom. The van der Waals surface area contributed by atoms with E-state index in [1.165, 1.54) is 18.4 Å². The van der Waals surface area contributed by atoms with Crippen LogP contribution in [0.15, 0.2) is 42.0 Å². The van der Waals surface area contributed by atoms with Crippen LogP contribution in [0.5, 0.6) is 0 Å². The maximum Gasteiger partial charge on any atom is 0.132 e. The van der Waals surface area contributed by atoms with E-state index in [2.05, 4.69) is 63.3 Å². The minimum Gasteiger partial charge on any atom is -0.300 e. The summed E-state index contributed by atoms with van der Waals surface area (Å²) in [6.45, 7) is 11.7. The average Bonchev–Trinajstić information content (AvgIpc) is 2.55. The molecule has 1 saturated carbocycles. The van der Waals surface area contributed by atoms with Gasteiger partial charge in [0.05, 0.1) is 8.07 Å². The van der Waals surface area contributed by atoms with E-state index in [4.69, 9.17) is 0 Å². The van der Waals surface area contributed by atoms with Crippen molar-refractivity contribution in [2.45, 2.75) is 65.1 Å². The molecule has 0 aliphatic heterocycles. The van der Waals surface area contributed by atoms with Crippen LogP contribution in [0.3, 0.4) is 0 Å². The first-order chi connectivity index (χ1) is 11.3. The molecule has 0 unspecified atom stereocenters. The summed E-state index contributed by atoms with van der Waals surface area (Å²) < 4.78 is 0. The second-order valence-corrected chi connectivity index (χ2v) is 13.7. The molecular formula is C22H32OSi. The Labute approximate surface area is 148 Å². The van der Waals surface area contributed by atoms with Crippen LogP contribution in [0.25, 0.3) is 0 Å². The summed E-state index contributed by atoms with van der Waals surface area (Å²) in [6.07, 6.45) is 7.09. The molecule has 2 aliphatic rings. The Balaban J connectivity index is 1.98. The highest BCUT2D eigenvalue weighted by molar-refractivity contribution is 6.91. The van der Waals surface area contributed by atoms with Crippen LogP contribution >= 0.6 is 0 Å². The van der Waals surface area contributed by atoms with Gasteiger partial charge in [-0.25, -0.2) is 0 Å². The van der Waals surface area contributed by atoms with Crippen LogP contribution in [0.1, 0.15) is 46.5 Å². The Morgan fingerprint density at radius 1 is 1.21 bits per heavy atom. The van der Waals surface area contributed by atoms with E-state index in [-0.39, 0.29) is 5.92 Å². The molecule has 0 heterocycles. The molecule has 1 fully saturated rings. The standard InChI is InChI=1S/C22H32OSi/c1-16-11-12-21(24(4,5)19-9-7-6-8-10-19)22(3)14-13-18(17(2)23)15-20(16)22/h6-11,18,20-21H,12-15H2,1-5H3/t18-,20+,21-,22-/m0/s1. The molecule has 3 rings (SSSR count). The van der Waals surface area contributed by atoms with Gasteiger partial charge in [-0.2, -0.15) is 0 Å². The number of hydrogen-bond acceptors (Lipinski definition) is 1. The van der Waals surface area contributed by atoms with Gasteiger partial charge in [0.1, 0.15) is 5.78 Å². The molecule has 0 bridgehead atoms. The van der Waals surface area contributed by atoms with Crippen molar-refractivity contribution < 1.29 is 4.79 Å². The predicted octanol–water partition coefficient (Wildman–Crippen LogP) is 5.33. The van der Waals surface area contributed by atoms with Crippen molar-refractivity contribution in [2.24, 2.45) is 17.3 Å². The van der Waals surface area contributed by atoms with Crippen molar-refractivity contribution in [1.82, 2.24) is 0 Å². The Hall–Kier alpha value is -1.15. The summed E-state index contributed by atoms with van der Waals surface area (Å²) in [7, 11) is -1.57. The van der Waals surface area contributed by atoms with E-state index < -0.39 is 8.07 Å². The maximum absolute atomic E-state index is 12.0. The Kier molecular flexibility index (Phi) is 4.63. The third-order valence-corrected chi connectivity index (χ3v) is 11.8. The molecule has 24 heavy (non-hydrogen) atoms. The van der Waals surface area contributed by atoms with Crippen LogP contribution in [0, 0.1) is 17.3 Å². The third-order valence-electron chi connectivity index (χ3n) is 7.33. The SMILES string of the molecule is CC(=O)[C@H]1CC[C@@]2(C)[C@H](C1)C(C)=CC[C@@H]2[Si](C)(C)c1ccccc1. The molecule has 130 valence electrons. The van der Waals surface area contributed by atoms with Crippen molar-refractivity contribution in [1.29, 1.82) is 0 Å². The first-order valence-electron chi connectivity index (χ1n) is 9.49. The van der Waals surface area contributed by atoms with Gasteiger partial charge in [0, 0.05) is 5.92 Å². The van der Waals surface area contributed by atoms with E-state index in [0.29, 0.717) is 17.1 Å². The Bertz CT molecular complexity index is 645. The van der Waals surface area contributed by atoms with Crippen molar-refractivity contribution in [3.8, 4) is 0 Å². The molecular weight excluding hydrogens is 308 g/mol. The van der Waals surface area contributed by atoms with Gasteiger partial charge >= 0.3 is 0 Å². The summed E-state index contributed by atoms with van der Waals surface area (Å²) in [5.74, 6) is 1.27. The quantitative estimate of drug-likeness (QED) is 0.536. The number of carbonyl (C=O) groups is 1. The van der Waals surface area contributed by atoms with E-state index in [1.54, 1.807) is 12.1 Å². The van der Waals surface area contributed by atoms with E-state index >= 15 is 0 Å². The van der Waals surface area contributed by atoms with Gasteiger partial charge in [0.25, 0.3) is 0 Å². The van der Waals surface area contributed by atoms with Crippen LogP contribution in [0.4, 0.5) is 0 Å². The van der Waals surface area contributed by atoms with Crippen molar-refractivity contribution in [3.05, 3.63) is 42.0 Å². The highest BCUT2D eigenvalue weighted by atomic mass is 28.3. The van der Waals surface area contributed by atoms with E-state index in [0.717, 1.165) is 18.4 Å². The fraction of sp³-hybridized carbons (Fsp3) is 0.591. The molecule has 4 atom stereocenters. The second kappa shape index (κ2) is 6.29. The lowest BCUT2D eigenvalue weighted by molar-refractivity contribution is -0.123. The summed E-state index contributed by atoms with van der Waals surface area (Å²) >= 11 is 0. The molecule has 0 amide bonds. The molecule has 2 heteroatoms. The number of Topliss-reactive ketones (excluding diaryl/α,β-unsaturated/α-hetero) is 1. The zero-order valence-corrected chi connectivity index (χ0v) is 16.9. The molecule has 1 nitrogen and oxygen atoms in total. The minimum atomic E-state index is -1.57. The van der Waals surface area contributed by atoms with Crippen molar-refractivity contribution in [3.63, 3.8) is 0 Å². The fourth-order valence-corrected chi connectivity index (χ4v) is 9.88. The van der Waals surface area contributed by atoms with Gasteiger partial charge < -0.3 is 0 Å². The lowest BCUT2D eigenvalue weighted by atomic mass is 9.57. The fourth-order valence-electron chi connectivity index (χ4n) is 5.73. The number of carbonyl (C=O) groups excluding carboxylic acids is 1. The summed E-state index contributed by atoms with van der Waals surface area (Å²) in [5, 5.41) is 1.58. The zero-order chi connectivity index (χ0) is 17.5. The zero-order valence-electron chi connectivity index (χ0n) is 15.9.